The fourth-order valence-corrected chi connectivity index (χ4v) is 3.47. The van der Waals surface area contributed by atoms with Crippen LogP contribution in [0.1, 0.15) is 41.3 Å². The number of benzene rings is 3. The normalized spacial score (nSPS) is 10.9. The molecule has 0 atom stereocenters. The van der Waals surface area contributed by atoms with Crippen LogP contribution in [-0.4, -0.2) is 17.5 Å². The second-order valence-electron chi connectivity index (χ2n) is 7.76. The van der Waals surface area contributed by atoms with E-state index in [4.69, 9.17) is 9.15 Å². The Kier molecular flexibility index (Phi) is 6.03. The number of hydrogen-bond acceptors (Lipinski definition) is 4. The molecule has 0 unspecified atom stereocenters. The Hall–Kier alpha value is -3.60. The van der Waals surface area contributed by atoms with Crippen molar-refractivity contribution in [2.45, 2.75) is 33.6 Å². The number of nitrogens with one attached hydrogen (secondary N) is 1. The minimum absolute atomic E-state index is 0.183. The summed E-state index contributed by atoms with van der Waals surface area (Å²) in [5.74, 6) is 1.16. The zero-order valence-corrected chi connectivity index (χ0v) is 18.1. The number of carbonyl (C=O) groups excluding carboxylic acids is 1. The average molecular weight is 415 g/mol. The summed E-state index contributed by atoms with van der Waals surface area (Å²) in [4.78, 5) is 17.2. The van der Waals surface area contributed by atoms with Crippen LogP contribution in [0.4, 0.5) is 5.69 Å². The van der Waals surface area contributed by atoms with Crippen LogP contribution in [-0.2, 0) is 0 Å². The predicted octanol–water partition coefficient (Wildman–Crippen LogP) is 6.54. The lowest BCUT2D eigenvalue weighted by Crippen LogP contribution is -2.11. The molecule has 1 aromatic heterocycles. The van der Waals surface area contributed by atoms with Gasteiger partial charge in [-0.1, -0.05) is 30.5 Å². The van der Waals surface area contributed by atoms with E-state index in [0.29, 0.717) is 34.8 Å². The quantitative estimate of drug-likeness (QED) is 0.349. The molecule has 0 radical (unpaired) electrons. The lowest BCUT2D eigenvalue weighted by atomic mass is 10.1. The smallest absolute Gasteiger partial charge is 0.255 e. The Labute approximate surface area is 182 Å². The van der Waals surface area contributed by atoms with Crippen molar-refractivity contribution in [2.75, 3.05) is 11.9 Å². The topological polar surface area (TPSA) is 64.4 Å². The molecule has 5 heteroatoms. The molecule has 0 bridgehead atoms. The van der Waals surface area contributed by atoms with E-state index in [9.17, 15) is 4.79 Å². The van der Waals surface area contributed by atoms with E-state index in [1.165, 1.54) is 0 Å². The first kappa shape index (κ1) is 20.7. The number of ether oxygens (including phenoxy) is 1. The van der Waals surface area contributed by atoms with Gasteiger partial charge in [0.1, 0.15) is 11.3 Å². The third-order valence-electron chi connectivity index (χ3n) is 5.00. The SMILES string of the molecule is CCCCOc1ccc(C(=O)Nc2ccc3oc(-c4cc(C)cc(C)c4)nc3c2)cc1. The zero-order chi connectivity index (χ0) is 21.8. The molecule has 0 spiro atoms. The number of carbonyl (C=O) groups is 1. The number of anilines is 1. The number of nitrogens with zero attached hydrogens (tertiary/aromatic N) is 1. The van der Waals surface area contributed by atoms with Gasteiger partial charge in [0.05, 0.1) is 6.61 Å². The summed E-state index contributed by atoms with van der Waals surface area (Å²) in [6.45, 7) is 6.91. The molecule has 0 aliphatic carbocycles. The van der Waals surface area contributed by atoms with Crippen molar-refractivity contribution in [2.24, 2.45) is 0 Å². The molecule has 1 amide bonds. The second-order valence-corrected chi connectivity index (χ2v) is 7.76. The van der Waals surface area contributed by atoms with Crippen LogP contribution in [0.3, 0.4) is 0 Å². The molecule has 0 fully saturated rings. The lowest BCUT2D eigenvalue weighted by Gasteiger charge is -2.07. The molecular formula is C26H26N2O3. The number of unbranched alkanes of at least 4 members (excludes halogenated alkanes) is 1. The van der Waals surface area contributed by atoms with Crippen LogP contribution in [0, 0.1) is 13.8 Å². The van der Waals surface area contributed by atoms with Crippen LogP contribution in [0.25, 0.3) is 22.6 Å². The van der Waals surface area contributed by atoms with Crippen LogP contribution in [0.15, 0.2) is 65.1 Å². The van der Waals surface area contributed by atoms with Crippen LogP contribution >= 0.6 is 0 Å². The monoisotopic (exact) mass is 414 g/mol. The molecule has 1 N–H and O–H groups in total. The maximum atomic E-state index is 12.6. The molecule has 4 aromatic rings. The predicted molar refractivity (Wildman–Crippen MR) is 124 cm³/mol. The summed E-state index contributed by atoms with van der Waals surface area (Å²) in [6.07, 6.45) is 2.10. The third kappa shape index (κ3) is 4.94. The van der Waals surface area contributed by atoms with Crippen molar-refractivity contribution >= 4 is 22.7 Å². The largest absolute Gasteiger partial charge is 0.494 e. The minimum Gasteiger partial charge on any atom is -0.494 e. The minimum atomic E-state index is -0.183. The highest BCUT2D eigenvalue weighted by Crippen LogP contribution is 2.28. The Morgan fingerprint density at radius 2 is 1.74 bits per heavy atom. The van der Waals surface area contributed by atoms with Gasteiger partial charge in [-0.05, 0) is 74.9 Å². The fraction of sp³-hybridized carbons (Fsp3) is 0.231. The lowest BCUT2D eigenvalue weighted by molar-refractivity contribution is 0.102. The Balaban J connectivity index is 1.49. The summed E-state index contributed by atoms with van der Waals surface area (Å²) in [6, 6.07) is 18.9. The highest BCUT2D eigenvalue weighted by Gasteiger charge is 2.12. The van der Waals surface area contributed by atoms with Gasteiger partial charge in [0.2, 0.25) is 5.89 Å². The maximum absolute atomic E-state index is 12.6. The molecule has 0 saturated carbocycles. The van der Waals surface area contributed by atoms with Gasteiger partial charge in [-0.25, -0.2) is 4.98 Å². The van der Waals surface area contributed by atoms with Gasteiger partial charge in [0.25, 0.3) is 5.91 Å². The van der Waals surface area contributed by atoms with Crippen LogP contribution < -0.4 is 10.1 Å². The Morgan fingerprint density at radius 1 is 1.00 bits per heavy atom. The van der Waals surface area contributed by atoms with E-state index in [1.807, 2.05) is 30.3 Å². The van der Waals surface area contributed by atoms with Crippen molar-refractivity contribution in [1.29, 1.82) is 0 Å². The van der Waals surface area contributed by atoms with Crippen molar-refractivity contribution in [3.63, 3.8) is 0 Å². The van der Waals surface area contributed by atoms with E-state index < -0.39 is 0 Å². The standard InChI is InChI=1S/C26H26N2O3/c1-4-5-12-30-22-9-6-19(7-10-22)25(29)27-21-8-11-24-23(16-21)28-26(31-24)20-14-17(2)13-18(3)15-20/h6-11,13-16H,4-5,12H2,1-3H3,(H,27,29). The molecule has 0 aliphatic rings. The number of oxazole rings is 1. The van der Waals surface area contributed by atoms with E-state index in [2.05, 4.69) is 49.3 Å². The number of rotatable bonds is 7. The van der Waals surface area contributed by atoms with Crippen molar-refractivity contribution in [3.8, 4) is 17.2 Å². The maximum Gasteiger partial charge on any atom is 0.255 e. The van der Waals surface area contributed by atoms with E-state index in [0.717, 1.165) is 35.3 Å². The van der Waals surface area contributed by atoms with Gasteiger partial charge in [0.15, 0.2) is 5.58 Å². The summed E-state index contributed by atoms with van der Waals surface area (Å²) >= 11 is 0. The first-order chi connectivity index (χ1) is 15.0. The molecule has 3 aromatic carbocycles. The Morgan fingerprint density at radius 3 is 2.45 bits per heavy atom. The molecule has 1 heterocycles. The van der Waals surface area contributed by atoms with Crippen molar-refractivity contribution in [3.05, 3.63) is 77.4 Å². The fourth-order valence-electron chi connectivity index (χ4n) is 3.47. The number of fused-ring (bicyclic) bond motifs is 1. The average Bonchev–Trinajstić information content (AvgIpc) is 3.17. The molecule has 0 saturated heterocycles. The summed E-state index contributed by atoms with van der Waals surface area (Å²) in [5.41, 5.74) is 5.88. The van der Waals surface area contributed by atoms with E-state index in [1.54, 1.807) is 12.1 Å². The van der Waals surface area contributed by atoms with Crippen LogP contribution in [0.5, 0.6) is 5.75 Å². The van der Waals surface area contributed by atoms with E-state index in [-0.39, 0.29) is 5.91 Å². The highest BCUT2D eigenvalue weighted by molar-refractivity contribution is 6.05. The van der Waals surface area contributed by atoms with Gasteiger partial charge in [-0.2, -0.15) is 0 Å². The molecule has 0 aliphatic heterocycles. The number of amides is 1. The number of aromatic nitrogens is 1. The molecule has 4 rings (SSSR count). The van der Waals surface area contributed by atoms with Crippen molar-refractivity contribution in [1.82, 2.24) is 4.98 Å². The first-order valence-electron chi connectivity index (χ1n) is 10.6. The number of hydrogen-bond donors (Lipinski definition) is 1. The molecule has 31 heavy (non-hydrogen) atoms. The highest BCUT2D eigenvalue weighted by atomic mass is 16.5. The summed E-state index contributed by atoms with van der Waals surface area (Å²) in [7, 11) is 0. The van der Waals surface area contributed by atoms with Gasteiger partial charge in [0, 0.05) is 16.8 Å². The van der Waals surface area contributed by atoms with Gasteiger partial charge < -0.3 is 14.5 Å². The van der Waals surface area contributed by atoms with Gasteiger partial charge >= 0.3 is 0 Å². The zero-order valence-electron chi connectivity index (χ0n) is 18.1. The second kappa shape index (κ2) is 9.04. The van der Waals surface area contributed by atoms with Gasteiger partial charge in [-0.3, -0.25) is 4.79 Å². The third-order valence-corrected chi connectivity index (χ3v) is 5.00. The van der Waals surface area contributed by atoms with Gasteiger partial charge in [-0.15, -0.1) is 0 Å². The van der Waals surface area contributed by atoms with Crippen molar-refractivity contribution < 1.29 is 13.9 Å². The Bertz CT molecular complexity index is 1190. The summed E-state index contributed by atoms with van der Waals surface area (Å²) in [5, 5.41) is 2.93. The van der Waals surface area contributed by atoms with Crippen LogP contribution in [0.2, 0.25) is 0 Å². The summed E-state index contributed by atoms with van der Waals surface area (Å²) < 4.78 is 11.6. The molecule has 158 valence electrons. The first-order valence-corrected chi connectivity index (χ1v) is 10.6. The molecular weight excluding hydrogens is 388 g/mol. The number of aryl methyl sites for hydroxylation is 2. The van der Waals surface area contributed by atoms with E-state index >= 15 is 0 Å². The molecule has 5 nitrogen and oxygen atoms in total.